The van der Waals surface area contributed by atoms with E-state index in [-0.39, 0.29) is 19.1 Å². The molecule has 0 fully saturated rings. The minimum atomic E-state index is -1.36. The van der Waals surface area contributed by atoms with Crippen LogP contribution < -0.4 is 10.6 Å². The second-order valence-corrected chi connectivity index (χ2v) is 4.13. The minimum Gasteiger partial charge on any atom is -0.350 e. The number of rotatable bonds is 4. The summed E-state index contributed by atoms with van der Waals surface area (Å²) in [6.45, 7) is 0.144. The highest BCUT2D eigenvalue weighted by molar-refractivity contribution is 5.94. The van der Waals surface area contributed by atoms with Gasteiger partial charge in [0.2, 0.25) is 0 Å². The van der Waals surface area contributed by atoms with Gasteiger partial charge in [-0.2, -0.15) is 0 Å². The molecule has 0 spiro atoms. The molecule has 0 radical (unpaired) electrons. The van der Waals surface area contributed by atoms with Crippen molar-refractivity contribution in [3.8, 4) is 0 Å². The first-order chi connectivity index (χ1) is 9.32. The molecular formula is C12H14F3N3O2. The van der Waals surface area contributed by atoms with Crippen LogP contribution in [0.2, 0.25) is 0 Å². The van der Waals surface area contributed by atoms with E-state index >= 15 is 0 Å². The minimum absolute atomic E-state index is 0.0247. The van der Waals surface area contributed by atoms with Crippen LogP contribution in [0.1, 0.15) is 10.4 Å². The maximum absolute atomic E-state index is 13.3. The lowest BCUT2D eigenvalue weighted by Gasteiger charge is -2.12. The van der Waals surface area contributed by atoms with Gasteiger partial charge in [0, 0.05) is 33.3 Å². The summed E-state index contributed by atoms with van der Waals surface area (Å²) < 4.78 is 38.9. The van der Waals surface area contributed by atoms with Gasteiger partial charge in [0.1, 0.15) is 5.82 Å². The van der Waals surface area contributed by atoms with Gasteiger partial charge in [-0.3, -0.25) is 4.79 Å². The molecule has 1 rings (SSSR count). The van der Waals surface area contributed by atoms with Crippen molar-refractivity contribution in [3.05, 3.63) is 35.1 Å². The fourth-order valence-electron chi connectivity index (χ4n) is 1.30. The smallest absolute Gasteiger partial charge is 0.316 e. The van der Waals surface area contributed by atoms with E-state index in [2.05, 4.69) is 10.6 Å². The predicted molar refractivity (Wildman–Crippen MR) is 65.7 cm³/mol. The summed E-state index contributed by atoms with van der Waals surface area (Å²) in [5.41, 5.74) is -0.595. The van der Waals surface area contributed by atoms with Crippen LogP contribution in [0.3, 0.4) is 0 Å². The maximum Gasteiger partial charge on any atom is 0.316 e. The number of carbonyl (C=O) groups is 2. The van der Waals surface area contributed by atoms with Crippen molar-refractivity contribution >= 4 is 11.9 Å². The molecule has 0 saturated carbocycles. The van der Waals surface area contributed by atoms with E-state index in [0.717, 1.165) is 0 Å². The lowest BCUT2D eigenvalue weighted by atomic mass is 10.2. The van der Waals surface area contributed by atoms with Crippen LogP contribution in [0.25, 0.3) is 0 Å². The van der Waals surface area contributed by atoms with Crippen LogP contribution in [0.15, 0.2) is 12.1 Å². The van der Waals surface area contributed by atoms with E-state index in [1.54, 1.807) is 14.1 Å². The molecule has 0 aliphatic carbocycles. The number of nitrogens with zero attached hydrogens (tertiary/aromatic N) is 1. The molecule has 0 aliphatic rings. The summed E-state index contributed by atoms with van der Waals surface area (Å²) >= 11 is 0. The maximum atomic E-state index is 13.3. The van der Waals surface area contributed by atoms with Gasteiger partial charge in [-0.15, -0.1) is 0 Å². The number of benzene rings is 1. The van der Waals surface area contributed by atoms with Gasteiger partial charge in [0.15, 0.2) is 11.6 Å². The lowest BCUT2D eigenvalue weighted by Crippen LogP contribution is -2.39. The van der Waals surface area contributed by atoms with Gasteiger partial charge < -0.3 is 15.5 Å². The number of nitrogens with one attached hydrogen (secondary N) is 2. The Morgan fingerprint density at radius 3 is 2.15 bits per heavy atom. The third kappa shape index (κ3) is 4.15. The van der Waals surface area contributed by atoms with E-state index in [1.165, 1.54) is 4.90 Å². The molecule has 1 aromatic carbocycles. The molecule has 1 aromatic rings. The third-order valence-electron chi connectivity index (χ3n) is 2.35. The molecule has 20 heavy (non-hydrogen) atoms. The van der Waals surface area contributed by atoms with Gasteiger partial charge in [-0.1, -0.05) is 0 Å². The molecule has 8 heteroatoms. The quantitative estimate of drug-likeness (QED) is 0.644. The molecular weight excluding hydrogens is 275 g/mol. The van der Waals surface area contributed by atoms with Crippen molar-refractivity contribution in [2.75, 3.05) is 27.2 Å². The highest BCUT2D eigenvalue weighted by atomic mass is 19.2. The van der Waals surface area contributed by atoms with Crippen LogP contribution in [-0.4, -0.2) is 44.0 Å². The molecule has 0 aliphatic heterocycles. The Morgan fingerprint density at radius 1 is 1.00 bits per heavy atom. The van der Waals surface area contributed by atoms with Crippen LogP contribution in [0.4, 0.5) is 18.0 Å². The molecule has 0 heterocycles. The molecule has 0 aromatic heterocycles. The largest absolute Gasteiger partial charge is 0.350 e. The van der Waals surface area contributed by atoms with Gasteiger partial charge in [0.25, 0.3) is 5.91 Å². The Morgan fingerprint density at radius 2 is 1.55 bits per heavy atom. The zero-order valence-corrected chi connectivity index (χ0v) is 11.0. The van der Waals surface area contributed by atoms with Crippen LogP contribution in [0.5, 0.6) is 0 Å². The summed E-state index contributed by atoms with van der Waals surface area (Å²) in [5.74, 6) is -4.71. The van der Waals surface area contributed by atoms with Crippen molar-refractivity contribution in [1.29, 1.82) is 0 Å². The number of amides is 3. The van der Waals surface area contributed by atoms with Crippen molar-refractivity contribution in [2.45, 2.75) is 0 Å². The molecule has 5 nitrogen and oxygen atoms in total. The van der Waals surface area contributed by atoms with E-state index < -0.39 is 28.9 Å². The monoisotopic (exact) mass is 289 g/mol. The molecule has 0 atom stereocenters. The standard InChI is InChI=1S/C12H14F3N3O2/c1-18(2)12(20)17-4-3-16-11(19)7-5-9(14)10(15)6-8(7)13/h5-6H,3-4H2,1-2H3,(H,16,19)(H,17,20). The highest BCUT2D eigenvalue weighted by Gasteiger charge is 2.15. The summed E-state index contributed by atoms with van der Waals surface area (Å²) in [6, 6.07) is 0.439. The Bertz CT molecular complexity index is 521. The average Bonchev–Trinajstić information content (AvgIpc) is 2.38. The number of carbonyl (C=O) groups excluding carboxylic acids is 2. The fraction of sp³-hybridized carbons (Fsp3) is 0.333. The van der Waals surface area contributed by atoms with Crippen molar-refractivity contribution < 1.29 is 22.8 Å². The molecule has 3 amide bonds. The molecule has 110 valence electrons. The summed E-state index contributed by atoms with van der Waals surface area (Å²) in [6.07, 6.45) is 0. The highest BCUT2D eigenvalue weighted by Crippen LogP contribution is 2.13. The Kier molecular flexibility index (Phi) is 5.36. The predicted octanol–water partition coefficient (Wildman–Crippen LogP) is 1.10. The Balaban J connectivity index is 2.52. The Hall–Kier alpha value is -2.25. The first kappa shape index (κ1) is 15.8. The topological polar surface area (TPSA) is 61.4 Å². The zero-order valence-electron chi connectivity index (χ0n) is 11.0. The van der Waals surface area contributed by atoms with E-state index in [4.69, 9.17) is 0 Å². The van der Waals surface area contributed by atoms with Crippen LogP contribution in [0, 0.1) is 17.5 Å². The van der Waals surface area contributed by atoms with E-state index in [1.807, 2.05) is 0 Å². The summed E-state index contributed by atoms with van der Waals surface area (Å²) in [5, 5.41) is 4.75. The first-order valence-corrected chi connectivity index (χ1v) is 5.71. The van der Waals surface area contributed by atoms with Crippen molar-refractivity contribution in [1.82, 2.24) is 15.5 Å². The fourth-order valence-corrected chi connectivity index (χ4v) is 1.30. The van der Waals surface area contributed by atoms with Crippen LogP contribution >= 0.6 is 0 Å². The molecule has 0 bridgehead atoms. The molecule has 2 N–H and O–H groups in total. The lowest BCUT2D eigenvalue weighted by molar-refractivity contribution is 0.0949. The first-order valence-electron chi connectivity index (χ1n) is 5.71. The number of hydrogen-bond acceptors (Lipinski definition) is 2. The number of halogens is 3. The molecule has 0 saturated heterocycles. The van der Waals surface area contributed by atoms with E-state index in [9.17, 15) is 22.8 Å². The third-order valence-corrected chi connectivity index (χ3v) is 2.35. The van der Waals surface area contributed by atoms with Gasteiger partial charge >= 0.3 is 6.03 Å². The second kappa shape index (κ2) is 6.78. The van der Waals surface area contributed by atoms with Gasteiger partial charge in [0.05, 0.1) is 5.56 Å². The van der Waals surface area contributed by atoms with Gasteiger partial charge in [-0.25, -0.2) is 18.0 Å². The summed E-state index contributed by atoms with van der Waals surface area (Å²) in [4.78, 5) is 24.0. The van der Waals surface area contributed by atoms with E-state index in [0.29, 0.717) is 12.1 Å². The molecule has 0 unspecified atom stereocenters. The Labute approximate surface area is 113 Å². The number of urea groups is 1. The van der Waals surface area contributed by atoms with Crippen molar-refractivity contribution in [3.63, 3.8) is 0 Å². The number of hydrogen-bond donors (Lipinski definition) is 2. The zero-order chi connectivity index (χ0) is 15.3. The second-order valence-electron chi connectivity index (χ2n) is 4.13. The summed E-state index contributed by atoms with van der Waals surface area (Å²) in [7, 11) is 3.09. The average molecular weight is 289 g/mol. The van der Waals surface area contributed by atoms with Crippen LogP contribution in [-0.2, 0) is 0 Å². The normalized spacial score (nSPS) is 10.1. The SMILES string of the molecule is CN(C)C(=O)NCCNC(=O)c1cc(F)c(F)cc1F. The van der Waals surface area contributed by atoms with Gasteiger partial charge in [-0.05, 0) is 6.07 Å². The van der Waals surface area contributed by atoms with Crippen molar-refractivity contribution in [2.24, 2.45) is 0 Å².